The highest BCUT2D eigenvalue weighted by molar-refractivity contribution is 7.51. The number of aldehydes is 1. The molecule has 1 N–H and O–H groups in total. The van der Waals surface area contributed by atoms with Crippen molar-refractivity contribution in [2.45, 2.75) is 0 Å². The summed E-state index contributed by atoms with van der Waals surface area (Å²) < 4.78 is 14.9. The van der Waals surface area contributed by atoms with Crippen LogP contribution in [0.2, 0.25) is 0 Å². The van der Waals surface area contributed by atoms with Gasteiger partial charge >= 0.3 is 7.60 Å². The van der Waals surface area contributed by atoms with Crippen LogP contribution in [0.25, 0.3) is 0 Å². The molecule has 0 aliphatic rings. The Morgan fingerprint density at radius 1 is 1.36 bits per heavy atom. The van der Waals surface area contributed by atoms with Crippen molar-refractivity contribution in [3.8, 4) is 5.75 Å². The molecule has 0 saturated heterocycles. The van der Waals surface area contributed by atoms with E-state index in [2.05, 4.69) is 9.56 Å². The molecule has 0 radical (unpaired) electrons. The molecule has 1 atom stereocenters. The third kappa shape index (κ3) is 3.70. The number of carbonyl (C=O) groups excluding carboxylic acids is 1. The van der Waals surface area contributed by atoms with Crippen LogP contribution in [0, 0.1) is 0 Å². The van der Waals surface area contributed by atoms with Crippen molar-refractivity contribution in [2.24, 2.45) is 0 Å². The molecule has 1 aromatic carbocycles. The highest BCUT2D eigenvalue weighted by Crippen LogP contribution is 2.37. The number of benzene rings is 1. The molecule has 0 aromatic heterocycles. The van der Waals surface area contributed by atoms with E-state index in [1.165, 1.54) is 24.3 Å². The van der Waals surface area contributed by atoms with Crippen LogP contribution in [0.5, 0.6) is 5.75 Å². The molecular formula is C8H9O5P. The first-order valence-electron chi connectivity index (χ1n) is 3.73. The van der Waals surface area contributed by atoms with E-state index in [1.807, 2.05) is 0 Å². The molecule has 14 heavy (non-hydrogen) atoms. The zero-order chi connectivity index (χ0) is 10.6. The first-order chi connectivity index (χ1) is 6.51. The van der Waals surface area contributed by atoms with E-state index in [-0.39, 0.29) is 5.75 Å². The maximum absolute atomic E-state index is 10.7. The minimum atomic E-state index is -3.64. The Labute approximate surface area is 80.7 Å². The first-order valence-corrected chi connectivity index (χ1v) is 5.75. The Bertz CT molecular complexity index is 352. The Hall–Kier alpha value is -1.16. The fourth-order valence-electron chi connectivity index (χ4n) is 0.714. The van der Waals surface area contributed by atoms with Crippen molar-refractivity contribution in [3.05, 3.63) is 29.8 Å². The summed E-state index contributed by atoms with van der Waals surface area (Å²) in [4.78, 5) is 23.6. The molecule has 0 spiro atoms. The minimum Gasteiger partial charge on any atom is -0.329 e. The van der Waals surface area contributed by atoms with Gasteiger partial charge in [-0.05, 0) is 24.3 Å². The van der Waals surface area contributed by atoms with E-state index in [1.54, 1.807) is 0 Å². The smallest absolute Gasteiger partial charge is 0.329 e. The number of rotatable bonds is 4. The number of hydrogen-bond acceptors (Lipinski definition) is 4. The second-order valence-corrected chi connectivity index (χ2v) is 4.40. The van der Waals surface area contributed by atoms with Gasteiger partial charge in [-0.15, -0.1) is 4.67 Å². The number of hydrogen-bond donors (Lipinski definition) is 1. The van der Waals surface area contributed by atoms with Gasteiger partial charge in [0.1, 0.15) is 6.29 Å². The van der Waals surface area contributed by atoms with Crippen LogP contribution < -0.4 is 4.89 Å². The third-order valence-corrected chi connectivity index (χ3v) is 1.64. The Balaban J connectivity index is 2.60. The lowest BCUT2D eigenvalue weighted by molar-refractivity contribution is -0.107. The number of carbonyl (C=O) groups is 1. The molecule has 0 heterocycles. The van der Waals surface area contributed by atoms with E-state index in [9.17, 15) is 9.36 Å². The van der Waals surface area contributed by atoms with E-state index >= 15 is 0 Å². The average Bonchev–Trinajstić information content (AvgIpc) is 2.14. The summed E-state index contributed by atoms with van der Waals surface area (Å²) in [5, 5.41) is 0. The van der Waals surface area contributed by atoms with Gasteiger partial charge in [-0.1, -0.05) is 0 Å². The van der Waals surface area contributed by atoms with Gasteiger partial charge in [-0.25, -0.2) is 0 Å². The summed E-state index contributed by atoms with van der Waals surface area (Å²) in [6.45, 7) is 1.01. The summed E-state index contributed by atoms with van der Waals surface area (Å²) >= 11 is 0. The van der Waals surface area contributed by atoms with Gasteiger partial charge in [-0.2, -0.15) is 0 Å². The topological polar surface area (TPSA) is 72.8 Å². The minimum absolute atomic E-state index is 0.256. The van der Waals surface area contributed by atoms with Crippen molar-refractivity contribution >= 4 is 13.9 Å². The predicted molar refractivity (Wildman–Crippen MR) is 49.3 cm³/mol. The summed E-state index contributed by atoms with van der Waals surface area (Å²) in [6, 6.07) is 5.92. The maximum atomic E-state index is 10.7. The standard InChI is InChI=1S/C8H9O5P/c1-14(10,11)13-12-8-4-2-7(6-9)3-5-8/h2-6H,1H3,(H,10,11). The zero-order valence-electron chi connectivity index (χ0n) is 7.41. The molecule has 0 bridgehead atoms. The molecule has 1 unspecified atom stereocenters. The van der Waals surface area contributed by atoms with Gasteiger partial charge in [0.15, 0.2) is 5.75 Å². The van der Waals surface area contributed by atoms with Crippen LogP contribution in [-0.4, -0.2) is 17.8 Å². The molecule has 5 nitrogen and oxygen atoms in total. The van der Waals surface area contributed by atoms with E-state index in [0.717, 1.165) is 6.66 Å². The van der Waals surface area contributed by atoms with Gasteiger partial charge in [0.05, 0.1) is 0 Å². The lowest BCUT2D eigenvalue weighted by atomic mass is 10.2. The van der Waals surface area contributed by atoms with Crippen molar-refractivity contribution in [3.63, 3.8) is 0 Å². The lowest BCUT2D eigenvalue weighted by Crippen LogP contribution is -1.94. The summed E-state index contributed by atoms with van der Waals surface area (Å²) in [5.41, 5.74) is 0.487. The molecule has 0 fully saturated rings. The summed E-state index contributed by atoms with van der Waals surface area (Å²) in [6.07, 6.45) is 0.682. The highest BCUT2D eigenvalue weighted by atomic mass is 31.2. The molecule has 1 aromatic rings. The predicted octanol–water partition coefficient (Wildman–Crippen LogP) is 1.62. The normalized spacial score (nSPS) is 14.4. The van der Waals surface area contributed by atoms with Crippen LogP contribution in [-0.2, 0) is 9.24 Å². The van der Waals surface area contributed by atoms with Gasteiger partial charge in [0, 0.05) is 12.2 Å². The second-order valence-electron chi connectivity index (χ2n) is 2.65. The largest absolute Gasteiger partial charge is 0.363 e. The molecule has 0 aliphatic heterocycles. The fourth-order valence-corrected chi connectivity index (χ4v) is 0.938. The molecule has 76 valence electrons. The van der Waals surface area contributed by atoms with Crippen molar-refractivity contribution in [1.82, 2.24) is 0 Å². The quantitative estimate of drug-likeness (QED) is 0.358. The third-order valence-electron chi connectivity index (χ3n) is 1.29. The van der Waals surface area contributed by atoms with Crippen LogP contribution in [0.3, 0.4) is 0 Å². The Morgan fingerprint density at radius 2 is 1.93 bits per heavy atom. The van der Waals surface area contributed by atoms with Crippen molar-refractivity contribution in [2.75, 3.05) is 6.66 Å². The van der Waals surface area contributed by atoms with Crippen LogP contribution in [0.4, 0.5) is 0 Å². The van der Waals surface area contributed by atoms with Gasteiger partial charge in [-0.3, -0.25) is 9.36 Å². The molecule has 0 amide bonds. The maximum Gasteiger partial charge on any atom is 0.363 e. The van der Waals surface area contributed by atoms with Crippen LogP contribution in [0.1, 0.15) is 10.4 Å². The monoisotopic (exact) mass is 216 g/mol. The van der Waals surface area contributed by atoms with Crippen LogP contribution in [0.15, 0.2) is 24.3 Å². The highest BCUT2D eigenvalue weighted by Gasteiger charge is 2.12. The van der Waals surface area contributed by atoms with E-state index < -0.39 is 7.60 Å². The summed E-state index contributed by atoms with van der Waals surface area (Å²) in [7, 11) is -3.64. The fraction of sp³-hybridized carbons (Fsp3) is 0.125. The zero-order valence-corrected chi connectivity index (χ0v) is 8.31. The second kappa shape index (κ2) is 4.37. The van der Waals surface area contributed by atoms with E-state index in [0.29, 0.717) is 11.8 Å². The SMILES string of the molecule is CP(=O)(O)OOc1ccc(C=O)cc1. The van der Waals surface area contributed by atoms with Gasteiger partial charge in [0.25, 0.3) is 0 Å². The molecule has 0 aliphatic carbocycles. The van der Waals surface area contributed by atoms with Crippen molar-refractivity contribution < 1.29 is 23.8 Å². The van der Waals surface area contributed by atoms with E-state index in [4.69, 9.17) is 4.89 Å². The van der Waals surface area contributed by atoms with Crippen molar-refractivity contribution in [1.29, 1.82) is 0 Å². The summed E-state index contributed by atoms with van der Waals surface area (Å²) in [5.74, 6) is 0.256. The molecular weight excluding hydrogens is 207 g/mol. The first kappa shape index (κ1) is 10.9. The van der Waals surface area contributed by atoms with Gasteiger partial charge < -0.3 is 9.78 Å². The Kier molecular flexibility index (Phi) is 3.41. The molecule has 1 rings (SSSR count). The molecule has 6 heteroatoms. The van der Waals surface area contributed by atoms with Crippen LogP contribution >= 0.6 is 7.60 Å². The lowest BCUT2D eigenvalue weighted by Gasteiger charge is -2.06. The average molecular weight is 216 g/mol. The molecule has 0 saturated carbocycles. The van der Waals surface area contributed by atoms with Gasteiger partial charge in [0.2, 0.25) is 0 Å². The Morgan fingerprint density at radius 3 is 2.36 bits per heavy atom.